The minimum atomic E-state index is 0.204. The Morgan fingerprint density at radius 2 is 1.79 bits per heavy atom. The maximum Gasteiger partial charge on any atom is 0.123 e. The minimum Gasteiger partial charge on any atom is -0.486 e. The van der Waals surface area contributed by atoms with E-state index in [1.165, 1.54) is 16.7 Å². The lowest BCUT2D eigenvalue weighted by molar-refractivity contribution is 0.208. The molecule has 2 aromatic carbocycles. The average molecular weight is 250 g/mol. The maximum absolute atomic E-state index is 6.10. The van der Waals surface area contributed by atoms with Crippen LogP contribution in [0.2, 0.25) is 0 Å². The standard InChI is InChI=1S/C18H18O/c1-14(13-15-7-3-2-4-8-15)17-12-11-16-9-5-6-10-18(16)19-17/h2-10,13,17H,11-12H2,1H3. The van der Waals surface area contributed by atoms with Crippen LogP contribution in [-0.2, 0) is 6.42 Å². The smallest absolute Gasteiger partial charge is 0.123 e. The molecule has 0 aromatic heterocycles. The van der Waals surface area contributed by atoms with E-state index in [0.29, 0.717) is 0 Å². The third-order valence-electron chi connectivity index (χ3n) is 3.62. The summed E-state index contributed by atoms with van der Waals surface area (Å²) in [5.41, 5.74) is 3.86. The maximum atomic E-state index is 6.10. The number of para-hydroxylation sites is 1. The molecule has 1 atom stereocenters. The second kappa shape index (κ2) is 5.31. The first-order chi connectivity index (χ1) is 9.33. The fourth-order valence-corrected chi connectivity index (χ4v) is 2.55. The third-order valence-corrected chi connectivity index (χ3v) is 3.62. The zero-order valence-corrected chi connectivity index (χ0v) is 11.2. The van der Waals surface area contributed by atoms with Crippen LogP contribution in [0.25, 0.3) is 6.08 Å². The van der Waals surface area contributed by atoms with Gasteiger partial charge in [-0.25, -0.2) is 0 Å². The van der Waals surface area contributed by atoms with Crippen LogP contribution in [0.15, 0.2) is 60.2 Å². The molecule has 1 aliphatic rings. The van der Waals surface area contributed by atoms with Gasteiger partial charge in [0.15, 0.2) is 0 Å². The molecular weight excluding hydrogens is 232 g/mol. The van der Waals surface area contributed by atoms with Crippen molar-refractivity contribution in [3.05, 3.63) is 71.3 Å². The summed E-state index contributed by atoms with van der Waals surface area (Å²) in [6.45, 7) is 2.16. The fourth-order valence-electron chi connectivity index (χ4n) is 2.55. The predicted molar refractivity (Wildman–Crippen MR) is 79.3 cm³/mol. The molecule has 0 radical (unpaired) electrons. The summed E-state index contributed by atoms with van der Waals surface area (Å²) in [5.74, 6) is 1.04. The topological polar surface area (TPSA) is 9.23 Å². The lowest BCUT2D eigenvalue weighted by atomic mass is 9.97. The summed E-state index contributed by atoms with van der Waals surface area (Å²) in [5, 5.41) is 0. The van der Waals surface area contributed by atoms with Gasteiger partial charge in [-0.05, 0) is 42.5 Å². The van der Waals surface area contributed by atoms with Crippen LogP contribution in [0.1, 0.15) is 24.5 Å². The average Bonchev–Trinajstić information content (AvgIpc) is 2.48. The van der Waals surface area contributed by atoms with Crippen LogP contribution in [0.5, 0.6) is 5.75 Å². The van der Waals surface area contributed by atoms with Crippen molar-refractivity contribution in [1.29, 1.82) is 0 Å². The first-order valence-electron chi connectivity index (χ1n) is 6.81. The van der Waals surface area contributed by atoms with Gasteiger partial charge in [0.25, 0.3) is 0 Å². The Bertz CT molecular complexity index is 584. The normalized spacial score (nSPS) is 18.6. The highest BCUT2D eigenvalue weighted by Gasteiger charge is 2.20. The number of hydrogen-bond donors (Lipinski definition) is 0. The third kappa shape index (κ3) is 2.70. The zero-order valence-electron chi connectivity index (χ0n) is 11.2. The molecule has 19 heavy (non-hydrogen) atoms. The number of fused-ring (bicyclic) bond motifs is 1. The molecule has 0 fully saturated rings. The van der Waals surface area contributed by atoms with E-state index < -0.39 is 0 Å². The van der Waals surface area contributed by atoms with E-state index in [4.69, 9.17) is 4.74 Å². The molecule has 1 heterocycles. The second-order valence-corrected chi connectivity index (χ2v) is 5.05. The first kappa shape index (κ1) is 12.0. The van der Waals surface area contributed by atoms with Crippen molar-refractivity contribution in [2.24, 2.45) is 0 Å². The zero-order chi connectivity index (χ0) is 13.1. The number of benzene rings is 2. The summed E-state index contributed by atoms with van der Waals surface area (Å²) < 4.78 is 6.10. The first-order valence-corrected chi connectivity index (χ1v) is 6.81. The molecule has 1 heteroatoms. The number of aryl methyl sites for hydroxylation is 1. The van der Waals surface area contributed by atoms with Crippen molar-refractivity contribution in [1.82, 2.24) is 0 Å². The van der Waals surface area contributed by atoms with Crippen molar-refractivity contribution in [2.75, 3.05) is 0 Å². The Morgan fingerprint density at radius 3 is 2.63 bits per heavy atom. The molecule has 0 N–H and O–H groups in total. The van der Waals surface area contributed by atoms with Gasteiger partial charge in [0, 0.05) is 0 Å². The minimum absolute atomic E-state index is 0.204. The molecule has 1 aliphatic heterocycles. The Balaban J connectivity index is 1.80. The Morgan fingerprint density at radius 1 is 1.05 bits per heavy atom. The van der Waals surface area contributed by atoms with E-state index >= 15 is 0 Å². The van der Waals surface area contributed by atoms with E-state index in [0.717, 1.165) is 18.6 Å². The summed E-state index contributed by atoms with van der Waals surface area (Å²) in [6.07, 6.45) is 4.58. The van der Waals surface area contributed by atoms with Crippen molar-refractivity contribution in [3.8, 4) is 5.75 Å². The molecule has 96 valence electrons. The summed E-state index contributed by atoms with van der Waals surface area (Å²) in [6, 6.07) is 18.8. The Labute approximate surface area is 114 Å². The highest BCUT2D eigenvalue weighted by molar-refractivity contribution is 5.53. The molecular formula is C18H18O. The van der Waals surface area contributed by atoms with Crippen LogP contribution < -0.4 is 4.74 Å². The molecule has 3 rings (SSSR count). The largest absolute Gasteiger partial charge is 0.486 e. The van der Waals surface area contributed by atoms with Gasteiger partial charge in [-0.2, -0.15) is 0 Å². The Hall–Kier alpha value is -2.02. The molecule has 1 unspecified atom stereocenters. The van der Waals surface area contributed by atoms with Gasteiger partial charge in [0.05, 0.1) is 0 Å². The van der Waals surface area contributed by atoms with Gasteiger partial charge in [0.2, 0.25) is 0 Å². The summed E-state index contributed by atoms with van der Waals surface area (Å²) in [7, 11) is 0. The molecule has 0 aliphatic carbocycles. The molecule has 0 bridgehead atoms. The van der Waals surface area contributed by atoms with Gasteiger partial charge in [-0.3, -0.25) is 0 Å². The van der Waals surface area contributed by atoms with E-state index in [-0.39, 0.29) is 6.10 Å². The predicted octanol–water partition coefficient (Wildman–Crippen LogP) is 4.48. The fraction of sp³-hybridized carbons (Fsp3) is 0.222. The van der Waals surface area contributed by atoms with Gasteiger partial charge in [-0.1, -0.05) is 54.6 Å². The van der Waals surface area contributed by atoms with Crippen LogP contribution in [-0.4, -0.2) is 6.10 Å². The summed E-state index contributed by atoms with van der Waals surface area (Å²) in [4.78, 5) is 0. The van der Waals surface area contributed by atoms with Gasteiger partial charge < -0.3 is 4.74 Å². The van der Waals surface area contributed by atoms with Crippen LogP contribution in [0.3, 0.4) is 0 Å². The quantitative estimate of drug-likeness (QED) is 0.763. The van der Waals surface area contributed by atoms with Gasteiger partial charge in [0.1, 0.15) is 11.9 Å². The number of ether oxygens (including phenoxy) is 1. The van der Waals surface area contributed by atoms with Gasteiger partial charge in [-0.15, -0.1) is 0 Å². The number of rotatable bonds is 2. The molecule has 0 saturated carbocycles. The molecule has 0 saturated heterocycles. The van der Waals surface area contributed by atoms with Crippen LogP contribution in [0.4, 0.5) is 0 Å². The lowest BCUT2D eigenvalue weighted by Gasteiger charge is -2.26. The van der Waals surface area contributed by atoms with Crippen molar-refractivity contribution < 1.29 is 4.74 Å². The van der Waals surface area contributed by atoms with Crippen LogP contribution in [0, 0.1) is 0 Å². The highest BCUT2D eigenvalue weighted by Crippen LogP contribution is 2.30. The summed E-state index contributed by atoms with van der Waals surface area (Å²) >= 11 is 0. The van der Waals surface area contributed by atoms with Crippen molar-refractivity contribution in [3.63, 3.8) is 0 Å². The van der Waals surface area contributed by atoms with Crippen molar-refractivity contribution >= 4 is 6.08 Å². The van der Waals surface area contributed by atoms with Gasteiger partial charge >= 0.3 is 0 Å². The van der Waals surface area contributed by atoms with E-state index in [2.05, 4.69) is 55.5 Å². The molecule has 0 amide bonds. The second-order valence-electron chi connectivity index (χ2n) is 5.05. The Kier molecular flexibility index (Phi) is 3.37. The molecule has 1 nitrogen and oxygen atoms in total. The van der Waals surface area contributed by atoms with Crippen molar-refractivity contribution in [2.45, 2.75) is 25.9 Å². The number of hydrogen-bond acceptors (Lipinski definition) is 1. The lowest BCUT2D eigenvalue weighted by Crippen LogP contribution is -2.23. The monoisotopic (exact) mass is 250 g/mol. The molecule has 2 aromatic rings. The SMILES string of the molecule is CC(=Cc1ccccc1)C1CCc2ccccc2O1. The van der Waals surface area contributed by atoms with E-state index in [9.17, 15) is 0 Å². The van der Waals surface area contributed by atoms with Crippen LogP contribution >= 0.6 is 0 Å². The highest BCUT2D eigenvalue weighted by atomic mass is 16.5. The van der Waals surface area contributed by atoms with E-state index in [1.54, 1.807) is 0 Å². The molecule has 0 spiro atoms. The van der Waals surface area contributed by atoms with E-state index in [1.807, 2.05) is 12.1 Å².